The number of carbonyl (C=O) groups is 1. The van der Waals surface area contributed by atoms with Crippen LogP contribution < -0.4 is 5.32 Å². The first-order valence-corrected chi connectivity index (χ1v) is 7.26. The number of amides is 1. The highest BCUT2D eigenvalue weighted by Crippen LogP contribution is 2.20. The minimum absolute atomic E-state index is 0.134. The highest BCUT2D eigenvalue weighted by Gasteiger charge is 2.17. The molecule has 3 rings (SSSR count). The molecule has 5 heteroatoms. The van der Waals surface area contributed by atoms with Gasteiger partial charge in [-0.3, -0.25) is 4.79 Å². The van der Waals surface area contributed by atoms with Gasteiger partial charge < -0.3 is 5.32 Å². The van der Waals surface area contributed by atoms with Gasteiger partial charge in [0.1, 0.15) is 0 Å². The molecule has 1 amide bonds. The largest absolute Gasteiger partial charge is 0.346 e. The third-order valence-electron chi connectivity index (χ3n) is 3.25. The van der Waals surface area contributed by atoms with E-state index in [1.807, 2.05) is 60.7 Å². The number of benzene rings is 2. The van der Waals surface area contributed by atoms with Gasteiger partial charge in [-0.05, 0) is 12.1 Å². The van der Waals surface area contributed by atoms with Gasteiger partial charge in [-0.25, -0.2) is 9.67 Å². The van der Waals surface area contributed by atoms with Crippen LogP contribution in [0.4, 0.5) is 0 Å². The van der Waals surface area contributed by atoms with Crippen molar-refractivity contribution < 1.29 is 4.79 Å². The Balaban J connectivity index is 2.07. The summed E-state index contributed by atoms with van der Waals surface area (Å²) in [7, 11) is 0. The van der Waals surface area contributed by atoms with Gasteiger partial charge in [-0.1, -0.05) is 54.6 Å². The Bertz CT molecular complexity index is 753. The maximum Gasteiger partial charge on any atom is 0.291 e. The molecule has 23 heavy (non-hydrogen) atoms. The van der Waals surface area contributed by atoms with E-state index in [9.17, 15) is 4.79 Å². The predicted molar refractivity (Wildman–Crippen MR) is 89.3 cm³/mol. The fraction of sp³-hybridized carbons (Fsp3) is 0.0556. The van der Waals surface area contributed by atoms with Crippen molar-refractivity contribution in [1.82, 2.24) is 20.1 Å². The van der Waals surface area contributed by atoms with Crippen LogP contribution in [0.1, 0.15) is 10.6 Å². The van der Waals surface area contributed by atoms with Gasteiger partial charge >= 0.3 is 0 Å². The molecule has 1 N–H and O–H groups in total. The zero-order chi connectivity index (χ0) is 16.1. The summed E-state index contributed by atoms with van der Waals surface area (Å²) >= 11 is 0. The molecule has 114 valence electrons. The van der Waals surface area contributed by atoms with E-state index in [1.165, 1.54) is 0 Å². The second-order valence-electron chi connectivity index (χ2n) is 4.87. The first kappa shape index (κ1) is 14.7. The monoisotopic (exact) mass is 304 g/mol. The number of hydrogen-bond donors (Lipinski definition) is 1. The van der Waals surface area contributed by atoms with Crippen LogP contribution in [0.3, 0.4) is 0 Å². The normalized spacial score (nSPS) is 10.3. The van der Waals surface area contributed by atoms with Crippen molar-refractivity contribution in [3.8, 4) is 17.1 Å². The summed E-state index contributed by atoms with van der Waals surface area (Å²) in [5.41, 5.74) is 1.74. The molecule has 0 spiro atoms. The Kier molecular flexibility index (Phi) is 4.29. The maximum absolute atomic E-state index is 12.1. The van der Waals surface area contributed by atoms with Crippen LogP contribution in [0.2, 0.25) is 0 Å². The first-order valence-electron chi connectivity index (χ1n) is 7.26. The van der Waals surface area contributed by atoms with Crippen LogP contribution in [0.15, 0.2) is 73.3 Å². The maximum atomic E-state index is 12.1. The molecular weight excluding hydrogens is 288 g/mol. The molecule has 3 aromatic rings. The Morgan fingerprint density at radius 2 is 1.74 bits per heavy atom. The zero-order valence-corrected chi connectivity index (χ0v) is 12.5. The average molecular weight is 304 g/mol. The number of nitrogens with zero attached hydrogens (tertiary/aromatic N) is 3. The summed E-state index contributed by atoms with van der Waals surface area (Å²) in [6.07, 6.45) is 1.62. The molecule has 0 atom stereocenters. The molecule has 0 aliphatic carbocycles. The fourth-order valence-electron chi connectivity index (χ4n) is 2.18. The summed E-state index contributed by atoms with van der Waals surface area (Å²) in [4.78, 5) is 16.5. The molecule has 1 aromatic heterocycles. The minimum atomic E-state index is -0.322. The van der Waals surface area contributed by atoms with Crippen LogP contribution in [0, 0.1) is 0 Å². The summed E-state index contributed by atoms with van der Waals surface area (Å²) in [6, 6.07) is 19.3. The molecule has 0 unspecified atom stereocenters. The van der Waals surface area contributed by atoms with Crippen LogP contribution in [-0.4, -0.2) is 27.2 Å². The molecule has 2 aromatic carbocycles. The number of nitrogens with one attached hydrogen (secondary N) is 1. The van der Waals surface area contributed by atoms with E-state index >= 15 is 0 Å². The van der Waals surface area contributed by atoms with E-state index < -0.39 is 0 Å². The topological polar surface area (TPSA) is 59.8 Å². The smallest absolute Gasteiger partial charge is 0.291 e. The number of hydrogen-bond acceptors (Lipinski definition) is 3. The van der Waals surface area contributed by atoms with Crippen molar-refractivity contribution in [3.63, 3.8) is 0 Å². The van der Waals surface area contributed by atoms with E-state index in [2.05, 4.69) is 22.0 Å². The van der Waals surface area contributed by atoms with E-state index in [4.69, 9.17) is 0 Å². The summed E-state index contributed by atoms with van der Waals surface area (Å²) in [5.74, 6) is 0.437. The molecule has 0 saturated heterocycles. The highest BCUT2D eigenvalue weighted by atomic mass is 16.2. The van der Waals surface area contributed by atoms with Crippen molar-refractivity contribution in [2.75, 3.05) is 6.54 Å². The van der Waals surface area contributed by atoms with Gasteiger partial charge in [0.2, 0.25) is 5.82 Å². The Morgan fingerprint density at radius 1 is 1.09 bits per heavy atom. The van der Waals surface area contributed by atoms with Crippen molar-refractivity contribution in [1.29, 1.82) is 0 Å². The fourth-order valence-corrected chi connectivity index (χ4v) is 2.18. The number of para-hydroxylation sites is 1. The molecule has 0 aliphatic rings. The van der Waals surface area contributed by atoms with Crippen molar-refractivity contribution in [2.24, 2.45) is 0 Å². The van der Waals surface area contributed by atoms with E-state index in [0.717, 1.165) is 11.3 Å². The first-order chi connectivity index (χ1) is 11.3. The molecule has 1 heterocycles. The zero-order valence-electron chi connectivity index (χ0n) is 12.5. The van der Waals surface area contributed by atoms with E-state index in [-0.39, 0.29) is 11.7 Å². The Hall–Kier alpha value is -3.21. The lowest BCUT2D eigenvalue weighted by molar-refractivity contribution is 0.0948. The van der Waals surface area contributed by atoms with Gasteiger partial charge in [-0.15, -0.1) is 11.7 Å². The number of carbonyl (C=O) groups excluding carboxylic acids is 1. The highest BCUT2D eigenvalue weighted by molar-refractivity contribution is 5.91. The average Bonchev–Trinajstić information content (AvgIpc) is 3.06. The molecule has 0 saturated carbocycles. The van der Waals surface area contributed by atoms with Crippen LogP contribution >= 0.6 is 0 Å². The van der Waals surface area contributed by atoms with Crippen molar-refractivity contribution >= 4 is 5.91 Å². The Morgan fingerprint density at radius 3 is 2.39 bits per heavy atom. The molecule has 0 radical (unpaired) electrons. The minimum Gasteiger partial charge on any atom is -0.346 e. The van der Waals surface area contributed by atoms with Gasteiger partial charge in [0.05, 0.1) is 5.69 Å². The lowest BCUT2D eigenvalue weighted by atomic mass is 10.2. The van der Waals surface area contributed by atoms with Gasteiger partial charge in [0.15, 0.2) is 5.82 Å². The summed E-state index contributed by atoms with van der Waals surface area (Å²) < 4.78 is 1.68. The lowest BCUT2D eigenvalue weighted by Gasteiger charge is -2.05. The summed E-state index contributed by atoms with van der Waals surface area (Å²) in [6.45, 7) is 3.96. The van der Waals surface area contributed by atoms with Gasteiger partial charge in [0.25, 0.3) is 5.91 Å². The number of rotatable bonds is 5. The molecule has 0 aliphatic heterocycles. The Labute approximate surface area is 134 Å². The lowest BCUT2D eigenvalue weighted by Crippen LogP contribution is -2.24. The second kappa shape index (κ2) is 6.70. The molecule has 0 bridgehead atoms. The van der Waals surface area contributed by atoms with Gasteiger partial charge in [0, 0.05) is 12.1 Å². The SMILES string of the molecule is C=CCNC(=O)c1nc(-c2ccccc2)n(-c2ccccc2)n1. The van der Waals surface area contributed by atoms with Crippen LogP contribution in [-0.2, 0) is 0 Å². The predicted octanol–water partition coefficient (Wildman–Crippen LogP) is 2.85. The quantitative estimate of drug-likeness (QED) is 0.737. The van der Waals surface area contributed by atoms with Gasteiger partial charge in [-0.2, -0.15) is 0 Å². The molecule has 5 nitrogen and oxygen atoms in total. The van der Waals surface area contributed by atoms with E-state index in [0.29, 0.717) is 12.4 Å². The van der Waals surface area contributed by atoms with Crippen molar-refractivity contribution in [2.45, 2.75) is 0 Å². The van der Waals surface area contributed by atoms with E-state index in [1.54, 1.807) is 10.8 Å². The third kappa shape index (κ3) is 3.18. The van der Waals surface area contributed by atoms with Crippen molar-refractivity contribution in [3.05, 3.63) is 79.1 Å². The standard InChI is InChI=1S/C18H16N4O/c1-2-13-19-18(23)16-20-17(14-9-5-3-6-10-14)22(21-16)15-11-7-4-8-12-15/h2-12H,1,13H2,(H,19,23). The van der Waals surface area contributed by atoms with Crippen LogP contribution in [0.5, 0.6) is 0 Å². The molecular formula is C18H16N4O. The third-order valence-corrected chi connectivity index (χ3v) is 3.25. The second-order valence-corrected chi connectivity index (χ2v) is 4.87. The van der Waals surface area contributed by atoms with Crippen LogP contribution in [0.25, 0.3) is 17.1 Å². The summed E-state index contributed by atoms with van der Waals surface area (Å²) in [5, 5.41) is 7.07. The molecule has 0 fully saturated rings. The number of aromatic nitrogens is 3.